The summed E-state index contributed by atoms with van der Waals surface area (Å²) in [6, 6.07) is -0.616. The molecule has 2 amide bonds. The first-order valence-corrected chi connectivity index (χ1v) is 7.51. The van der Waals surface area contributed by atoms with Gasteiger partial charge in [0.2, 0.25) is 11.8 Å². The van der Waals surface area contributed by atoms with Crippen LogP contribution in [0.4, 0.5) is 0 Å². The van der Waals surface area contributed by atoms with Gasteiger partial charge in [0.1, 0.15) is 6.04 Å². The summed E-state index contributed by atoms with van der Waals surface area (Å²) >= 11 is 0. The van der Waals surface area contributed by atoms with Gasteiger partial charge in [-0.3, -0.25) is 9.59 Å². The molecule has 1 heterocycles. The lowest BCUT2D eigenvalue weighted by atomic mass is 9.83. The van der Waals surface area contributed by atoms with E-state index in [4.69, 9.17) is 5.73 Å². The topological polar surface area (TPSA) is 84.2 Å². The first-order chi connectivity index (χ1) is 9.21. The number of hydrogen-bond donors (Lipinski definition) is 3. The van der Waals surface area contributed by atoms with Gasteiger partial charge in [-0.25, -0.2) is 0 Å². The normalized spacial score (nSPS) is 20.2. The molecule has 2 unspecified atom stereocenters. The molecule has 0 bridgehead atoms. The molecule has 4 N–H and O–H groups in total. The van der Waals surface area contributed by atoms with Crippen LogP contribution in [0, 0.1) is 17.3 Å². The minimum Gasteiger partial charge on any atom is -0.368 e. The predicted molar refractivity (Wildman–Crippen MR) is 80.0 cm³/mol. The molecule has 0 saturated carbocycles. The van der Waals surface area contributed by atoms with E-state index in [9.17, 15) is 9.59 Å². The zero-order valence-corrected chi connectivity index (χ0v) is 13.2. The van der Waals surface area contributed by atoms with E-state index >= 15 is 0 Å². The summed E-state index contributed by atoms with van der Waals surface area (Å²) in [6.45, 7) is 9.88. The maximum atomic E-state index is 12.1. The summed E-state index contributed by atoms with van der Waals surface area (Å²) < 4.78 is 0. The number of nitrogens with two attached hydrogens (primary N) is 1. The van der Waals surface area contributed by atoms with Crippen LogP contribution in [-0.2, 0) is 9.59 Å². The van der Waals surface area contributed by atoms with Crippen LogP contribution in [0.25, 0.3) is 0 Å². The van der Waals surface area contributed by atoms with Crippen LogP contribution in [0.2, 0.25) is 0 Å². The van der Waals surface area contributed by atoms with E-state index in [2.05, 4.69) is 17.6 Å². The molecule has 0 aromatic rings. The standard InChI is InChI=1S/C15H29N3O2/c1-10(11-5-7-17-8-6-11)9-12(19)18-13(14(16)20)15(2,3)4/h10-11,13,17H,5-9H2,1-4H3,(H2,16,20)(H,18,19). The third-order valence-electron chi connectivity index (χ3n) is 4.15. The van der Waals surface area contributed by atoms with Gasteiger partial charge >= 0.3 is 0 Å². The summed E-state index contributed by atoms with van der Waals surface area (Å²) in [7, 11) is 0. The van der Waals surface area contributed by atoms with Gasteiger partial charge in [-0.05, 0) is 43.2 Å². The molecular formula is C15H29N3O2. The second-order valence-corrected chi connectivity index (χ2v) is 7.04. The van der Waals surface area contributed by atoms with Crippen LogP contribution >= 0.6 is 0 Å². The van der Waals surface area contributed by atoms with Crippen molar-refractivity contribution < 1.29 is 9.59 Å². The summed E-state index contributed by atoms with van der Waals surface area (Å²) in [5.41, 5.74) is 5.02. The Morgan fingerprint density at radius 3 is 2.30 bits per heavy atom. The third kappa shape index (κ3) is 5.12. The molecule has 0 spiro atoms. The van der Waals surface area contributed by atoms with Crippen LogP contribution in [0.1, 0.15) is 47.0 Å². The molecule has 116 valence electrons. The summed E-state index contributed by atoms with van der Waals surface area (Å²) in [4.78, 5) is 23.6. The molecular weight excluding hydrogens is 254 g/mol. The highest BCUT2D eigenvalue weighted by molar-refractivity contribution is 5.87. The lowest BCUT2D eigenvalue weighted by Crippen LogP contribution is -2.52. The van der Waals surface area contributed by atoms with E-state index in [0.29, 0.717) is 18.3 Å². The van der Waals surface area contributed by atoms with Gasteiger partial charge in [-0.2, -0.15) is 0 Å². The minimum absolute atomic E-state index is 0.0743. The molecule has 1 fully saturated rings. The fourth-order valence-electron chi connectivity index (χ4n) is 2.81. The molecule has 2 atom stereocenters. The molecule has 0 aliphatic carbocycles. The highest BCUT2D eigenvalue weighted by Gasteiger charge is 2.31. The Morgan fingerprint density at radius 1 is 1.30 bits per heavy atom. The number of nitrogens with one attached hydrogen (secondary N) is 2. The maximum Gasteiger partial charge on any atom is 0.240 e. The van der Waals surface area contributed by atoms with Gasteiger partial charge in [0, 0.05) is 6.42 Å². The molecule has 1 aliphatic rings. The van der Waals surface area contributed by atoms with Crippen LogP contribution in [0.3, 0.4) is 0 Å². The molecule has 1 aliphatic heterocycles. The van der Waals surface area contributed by atoms with Crippen molar-refractivity contribution in [3.63, 3.8) is 0 Å². The van der Waals surface area contributed by atoms with Crippen molar-refractivity contribution in [1.29, 1.82) is 0 Å². The number of rotatable bonds is 5. The van der Waals surface area contributed by atoms with Gasteiger partial charge in [-0.15, -0.1) is 0 Å². The summed E-state index contributed by atoms with van der Waals surface area (Å²) in [5, 5.41) is 6.13. The zero-order valence-electron chi connectivity index (χ0n) is 13.2. The number of carbonyl (C=O) groups is 2. The van der Waals surface area contributed by atoms with Crippen LogP contribution in [0.5, 0.6) is 0 Å². The third-order valence-corrected chi connectivity index (χ3v) is 4.15. The van der Waals surface area contributed by atoms with Crippen molar-refractivity contribution >= 4 is 11.8 Å². The van der Waals surface area contributed by atoms with E-state index in [1.165, 1.54) is 0 Å². The molecule has 0 aromatic heterocycles. The Kier molecular flexibility index (Phi) is 5.99. The van der Waals surface area contributed by atoms with E-state index in [0.717, 1.165) is 25.9 Å². The van der Waals surface area contributed by atoms with Crippen molar-refractivity contribution in [2.24, 2.45) is 23.0 Å². The number of piperidine rings is 1. The number of carbonyl (C=O) groups excluding carboxylic acids is 2. The number of hydrogen-bond acceptors (Lipinski definition) is 3. The van der Waals surface area contributed by atoms with E-state index in [-0.39, 0.29) is 11.3 Å². The van der Waals surface area contributed by atoms with Gasteiger partial charge in [-0.1, -0.05) is 27.7 Å². The SMILES string of the molecule is CC(CC(=O)NC(C(N)=O)C(C)(C)C)C1CCNCC1. The Balaban J connectivity index is 2.50. The molecule has 1 saturated heterocycles. The van der Waals surface area contributed by atoms with Crippen molar-refractivity contribution in [2.75, 3.05) is 13.1 Å². The summed E-state index contributed by atoms with van der Waals surface area (Å²) in [5.74, 6) is 0.379. The van der Waals surface area contributed by atoms with E-state index in [1.54, 1.807) is 0 Å². The quantitative estimate of drug-likeness (QED) is 0.704. The lowest BCUT2D eigenvalue weighted by Gasteiger charge is -2.31. The van der Waals surface area contributed by atoms with Crippen molar-refractivity contribution in [3.8, 4) is 0 Å². The summed E-state index contributed by atoms with van der Waals surface area (Å²) in [6.07, 6.45) is 2.70. The fraction of sp³-hybridized carbons (Fsp3) is 0.867. The van der Waals surface area contributed by atoms with Gasteiger partial charge in [0.15, 0.2) is 0 Å². The first-order valence-electron chi connectivity index (χ1n) is 7.51. The van der Waals surface area contributed by atoms with Gasteiger partial charge in [0.05, 0.1) is 0 Å². The van der Waals surface area contributed by atoms with Crippen molar-refractivity contribution in [1.82, 2.24) is 10.6 Å². The van der Waals surface area contributed by atoms with Gasteiger partial charge < -0.3 is 16.4 Å². The van der Waals surface area contributed by atoms with Gasteiger partial charge in [0.25, 0.3) is 0 Å². The molecule has 20 heavy (non-hydrogen) atoms. The average molecular weight is 283 g/mol. The second kappa shape index (κ2) is 7.07. The highest BCUT2D eigenvalue weighted by atomic mass is 16.2. The Morgan fingerprint density at radius 2 is 1.85 bits per heavy atom. The zero-order chi connectivity index (χ0) is 15.3. The molecule has 0 radical (unpaired) electrons. The molecule has 5 heteroatoms. The molecule has 5 nitrogen and oxygen atoms in total. The van der Waals surface area contributed by atoms with E-state index < -0.39 is 11.9 Å². The fourth-order valence-corrected chi connectivity index (χ4v) is 2.81. The number of amides is 2. The van der Waals surface area contributed by atoms with Crippen molar-refractivity contribution in [3.05, 3.63) is 0 Å². The van der Waals surface area contributed by atoms with Crippen molar-refractivity contribution in [2.45, 2.75) is 53.0 Å². The Bertz CT molecular complexity index is 344. The van der Waals surface area contributed by atoms with Crippen LogP contribution in [0.15, 0.2) is 0 Å². The smallest absolute Gasteiger partial charge is 0.240 e. The second-order valence-electron chi connectivity index (χ2n) is 7.04. The molecule has 0 aromatic carbocycles. The Hall–Kier alpha value is -1.10. The number of primary amides is 1. The lowest BCUT2D eigenvalue weighted by molar-refractivity contribution is -0.130. The monoisotopic (exact) mass is 283 g/mol. The largest absolute Gasteiger partial charge is 0.368 e. The first kappa shape index (κ1) is 17.0. The minimum atomic E-state index is -0.616. The average Bonchev–Trinajstić information content (AvgIpc) is 2.35. The molecule has 1 rings (SSSR count). The highest BCUT2D eigenvalue weighted by Crippen LogP contribution is 2.25. The Labute approximate surface area is 122 Å². The maximum absolute atomic E-state index is 12.1. The van der Waals surface area contributed by atoms with Crippen LogP contribution < -0.4 is 16.4 Å². The predicted octanol–water partition coefficient (Wildman–Crippen LogP) is 1.03. The van der Waals surface area contributed by atoms with E-state index in [1.807, 2.05) is 20.8 Å². The van der Waals surface area contributed by atoms with Crippen LogP contribution in [-0.4, -0.2) is 30.9 Å².